The van der Waals surface area contributed by atoms with Crippen LogP contribution in [0.5, 0.6) is 0 Å². The molecule has 1 aromatic heterocycles. The molecule has 0 saturated carbocycles. The van der Waals surface area contributed by atoms with E-state index in [9.17, 15) is 4.79 Å². The highest BCUT2D eigenvalue weighted by molar-refractivity contribution is 5.76. The Hall–Kier alpha value is -1.44. The molecule has 2 rings (SSSR count). The fraction of sp³-hybridized carbons (Fsp3) is 0.750. The second-order valence-corrected chi connectivity index (χ2v) is 5.72. The van der Waals surface area contributed by atoms with E-state index in [1.54, 1.807) is 32.4 Å². The Labute approximate surface area is 137 Å². The van der Waals surface area contributed by atoms with E-state index in [0.29, 0.717) is 26.2 Å². The van der Waals surface area contributed by atoms with Gasteiger partial charge in [0.15, 0.2) is 0 Å². The topological polar surface area (TPSA) is 65.8 Å². The maximum Gasteiger partial charge on any atom is 0.224 e. The van der Waals surface area contributed by atoms with Gasteiger partial charge < -0.3 is 23.7 Å². The van der Waals surface area contributed by atoms with E-state index < -0.39 is 0 Å². The van der Waals surface area contributed by atoms with Crippen LogP contribution < -0.4 is 0 Å². The number of carbonyl (C=O) groups is 1. The van der Waals surface area contributed by atoms with Gasteiger partial charge in [-0.25, -0.2) is 4.98 Å². The van der Waals surface area contributed by atoms with Crippen molar-refractivity contribution in [3.8, 4) is 0 Å². The Kier molecular flexibility index (Phi) is 6.56. The second kappa shape index (κ2) is 8.42. The molecular weight excluding hydrogens is 298 g/mol. The lowest BCUT2D eigenvalue weighted by Gasteiger charge is -2.40. The van der Waals surface area contributed by atoms with Crippen LogP contribution >= 0.6 is 0 Å². The number of ether oxygens (including phenoxy) is 3. The monoisotopic (exact) mass is 325 g/mol. The lowest BCUT2D eigenvalue weighted by molar-refractivity contribution is -0.164. The first-order valence-corrected chi connectivity index (χ1v) is 8.01. The van der Waals surface area contributed by atoms with Crippen LogP contribution in [0.3, 0.4) is 0 Å². The lowest BCUT2D eigenvalue weighted by atomic mass is 10.0. The zero-order valence-corrected chi connectivity index (χ0v) is 14.4. The predicted octanol–water partition coefficient (Wildman–Crippen LogP) is 0.723. The van der Waals surface area contributed by atoms with Crippen LogP contribution in [0.1, 0.15) is 19.2 Å². The molecule has 3 atom stereocenters. The maximum atomic E-state index is 12.5. The van der Waals surface area contributed by atoms with E-state index in [1.807, 2.05) is 10.8 Å². The number of rotatable bonds is 7. The molecule has 0 bridgehead atoms. The van der Waals surface area contributed by atoms with E-state index in [-0.39, 0.29) is 24.2 Å². The Bertz CT molecular complexity index is 505. The largest absolute Gasteiger partial charge is 0.376 e. The molecule has 1 aliphatic heterocycles. The van der Waals surface area contributed by atoms with Crippen molar-refractivity contribution in [3.05, 3.63) is 18.2 Å². The molecule has 130 valence electrons. The lowest BCUT2D eigenvalue weighted by Crippen LogP contribution is -2.57. The predicted molar refractivity (Wildman–Crippen MR) is 85.2 cm³/mol. The summed E-state index contributed by atoms with van der Waals surface area (Å²) in [6.07, 6.45) is 4.62. The number of imidazole rings is 1. The second-order valence-electron chi connectivity index (χ2n) is 5.72. The van der Waals surface area contributed by atoms with E-state index in [0.717, 1.165) is 12.2 Å². The van der Waals surface area contributed by atoms with Crippen LogP contribution in [0.15, 0.2) is 12.4 Å². The molecule has 0 N–H and O–H groups in total. The highest BCUT2D eigenvalue weighted by Crippen LogP contribution is 2.19. The van der Waals surface area contributed by atoms with Gasteiger partial charge in [-0.1, -0.05) is 6.92 Å². The Morgan fingerprint density at radius 1 is 1.43 bits per heavy atom. The molecular formula is C16H27N3O4. The third-order valence-corrected chi connectivity index (χ3v) is 4.47. The number of nitrogens with zero attached hydrogens (tertiary/aromatic N) is 3. The van der Waals surface area contributed by atoms with Gasteiger partial charge >= 0.3 is 0 Å². The average Bonchev–Trinajstić information content (AvgIpc) is 3.05. The normalized spacial score (nSPS) is 24.6. The SMILES string of the molecule is CCc1nccn1CCC(=O)N(C)[C@@H]1COC[C@@H](OC)[C@H]1OC. The zero-order valence-electron chi connectivity index (χ0n) is 14.4. The van der Waals surface area contributed by atoms with Gasteiger partial charge in [0.1, 0.15) is 18.0 Å². The quantitative estimate of drug-likeness (QED) is 0.739. The van der Waals surface area contributed by atoms with Crippen molar-refractivity contribution in [1.29, 1.82) is 0 Å². The fourth-order valence-electron chi connectivity index (χ4n) is 3.02. The summed E-state index contributed by atoms with van der Waals surface area (Å²) in [7, 11) is 5.08. The first-order valence-electron chi connectivity index (χ1n) is 8.01. The Morgan fingerprint density at radius 2 is 2.22 bits per heavy atom. The van der Waals surface area contributed by atoms with Crippen LogP contribution in [-0.4, -0.2) is 73.1 Å². The van der Waals surface area contributed by atoms with Gasteiger partial charge in [0, 0.05) is 53.0 Å². The van der Waals surface area contributed by atoms with E-state index in [4.69, 9.17) is 14.2 Å². The van der Waals surface area contributed by atoms with Crippen molar-refractivity contribution in [2.45, 2.75) is 44.6 Å². The summed E-state index contributed by atoms with van der Waals surface area (Å²) < 4.78 is 18.5. The summed E-state index contributed by atoms with van der Waals surface area (Å²) in [5.41, 5.74) is 0. The zero-order chi connectivity index (χ0) is 16.8. The van der Waals surface area contributed by atoms with Crippen molar-refractivity contribution >= 4 is 5.91 Å². The highest BCUT2D eigenvalue weighted by atomic mass is 16.6. The summed E-state index contributed by atoms with van der Waals surface area (Å²) in [4.78, 5) is 18.5. The summed E-state index contributed by atoms with van der Waals surface area (Å²) in [6, 6.07) is -0.139. The molecule has 1 amide bonds. The maximum absolute atomic E-state index is 12.5. The fourth-order valence-corrected chi connectivity index (χ4v) is 3.02. The van der Waals surface area contributed by atoms with Crippen LogP contribution in [-0.2, 0) is 32.0 Å². The minimum atomic E-state index is -0.179. The molecule has 1 aromatic rings. The third-order valence-electron chi connectivity index (χ3n) is 4.47. The average molecular weight is 325 g/mol. The number of methoxy groups -OCH3 is 2. The van der Waals surface area contributed by atoms with Crippen molar-refractivity contribution in [2.24, 2.45) is 0 Å². The van der Waals surface area contributed by atoms with Crippen molar-refractivity contribution < 1.29 is 19.0 Å². The number of aromatic nitrogens is 2. The first kappa shape index (κ1) is 17.9. The summed E-state index contributed by atoms with van der Waals surface area (Å²) >= 11 is 0. The highest BCUT2D eigenvalue weighted by Gasteiger charge is 2.38. The Balaban J connectivity index is 1.95. The summed E-state index contributed by atoms with van der Waals surface area (Å²) in [6.45, 7) is 3.64. The summed E-state index contributed by atoms with van der Waals surface area (Å²) in [5.74, 6) is 1.06. The van der Waals surface area contributed by atoms with Crippen molar-refractivity contribution in [2.75, 3.05) is 34.5 Å². The van der Waals surface area contributed by atoms with Gasteiger partial charge in [-0.3, -0.25) is 4.79 Å². The molecule has 0 radical (unpaired) electrons. The number of hydrogen-bond acceptors (Lipinski definition) is 5. The van der Waals surface area contributed by atoms with Gasteiger partial charge in [0.2, 0.25) is 5.91 Å². The minimum Gasteiger partial charge on any atom is -0.376 e. The molecule has 1 saturated heterocycles. The Morgan fingerprint density at radius 3 is 2.87 bits per heavy atom. The molecule has 7 nitrogen and oxygen atoms in total. The number of carbonyl (C=O) groups excluding carboxylic acids is 1. The standard InChI is InChI=1S/C16H27N3O4/c1-5-14-17-7-9-19(14)8-6-15(20)18(2)12-10-23-11-13(21-3)16(12)22-4/h7,9,12-13,16H,5-6,8,10-11H2,1-4H3/t12-,13-,16+/m1/s1. The van der Waals surface area contributed by atoms with Crippen molar-refractivity contribution in [3.63, 3.8) is 0 Å². The van der Waals surface area contributed by atoms with Gasteiger partial charge in [-0.2, -0.15) is 0 Å². The molecule has 7 heteroatoms. The van der Waals surface area contributed by atoms with Crippen molar-refractivity contribution in [1.82, 2.24) is 14.5 Å². The third kappa shape index (κ3) is 4.10. The summed E-state index contributed by atoms with van der Waals surface area (Å²) in [5, 5.41) is 0. The van der Waals surface area contributed by atoms with Crippen LogP contribution in [0.2, 0.25) is 0 Å². The molecule has 2 heterocycles. The van der Waals surface area contributed by atoms with Crippen LogP contribution in [0.4, 0.5) is 0 Å². The first-order chi connectivity index (χ1) is 11.1. The number of aryl methyl sites for hydroxylation is 2. The van der Waals surface area contributed by atoms with Gasteiger partial charge in [0.05, 0.1) is 19.3 Å². The van der Waals surface area contributed by atoms with Gasteiger partial charge in [-0.15, -0.1) is 0 Å². The molecule has 0 spiro atoms. The molecule has 1 fully saturated rings. The molecule has 0 aliphatic carbocycles. The number of likely N-dealkylation sites (N-methyl/N-ethyl adjacent to an activating group) is 1. The molecule has 1 aliphatic rings. The van der Waals surface area contributed by atoms with E-state index >= 15 is 0 Å². The van der Waals surface area contributed by atoms with Gasteiger partial charge in [0.25, 0.3) is 0 Å². The number of amides is 1. The van der Waals surface area contributed by atoms with E-state index in [2.05, 4.69) is 11.9 Å². The van der Waals surface area contributed by atoms with E-state index in [1.165, 1.54) is 0 Å². The van der Waals surface area contributed by atoms with Crippen LogP contribution in [0.25, 0.3) is 0 Å². The van der Waals surface area contributed by atoms with Gasteiger partial charge in [-0.05, 0) is 0 Å². The minimum absolute atomic E-state index is 0.0631. The van der Waals surface area contributed by atoms with Crippen LogP contribution in [0, 0.1) is 0 Å². The number of hydrogen-bond donors (Lipinski definition) is 0. The molecule has 0 aromatic carbocycles. The smallest absolute Gasteiger partial charge is 0.224 e. The molecule has 23 heavy (non-hydrogen) atoms. The molecule has 0 unspecified atom stereocenters.